The molecule has 0 aromatic heterocycles. The first-order chi connectivity index (χ1) is 38.3. The van der Waals surface area contributed by atoms with Crippen molar-refractivity contribution >= 4 is 89.0 Å². The molecular formula is C47H82N16O19. The Morgan fingerprint density at radius 2 is 0.707 bits per heavy atom. The van der Waals surface area contributed by atoms with Crippen LogP contribution in [-0.2, 0) is 62.3 Å². The van der Waals surface area contributed by atoms with Gasteiger partial charge in [0.1, 0.15) is 48.3 Å². The quantitative estimate of drug-likeness (QED) is 0.0153. The predicted molar refractivity (Wildman–Crippen MR) is 286 cm³/mol. The number of unbranched alkanes of at least 4 members (excludes halogenated alkanes) is 1. The summed E-state index contributed by atoms with van der Waals surface area (Å²) in [7, 11) is 0. The van der Waals surface area contributed by atoms with Crippen LogP contribution in [-0.4, -0.2) is 200 Å². The van der Waals surface area contributed by atoms with Crippen molar-refractivity contribution in [3.63, 3.8) is 0 Å². The van der Waals surface area contributed by atoms with E-state index in [9.17, 15) is 87.9 Å². The summed E-state index contributed by atoms with van der Waals surface area (Å²) in [6.07, 6.45) is -6.69. The fourth-order valence-corrected chi connectivity index (χ4v) is 7.44. The van der Waals surface area contributed by atoms with Gasteiger partial charge in [0, 0.05) is 38.8 Å². The third-order valence-corrected chi connectivity index (χ3v) is 12.0. The van der Waals surface area contributed by atoms with Crippen LogP contribution in [0.25, 0.3) is 0 Å². The lowest BCUT2D eigenvalue weighted by atomic mass is 10.0. The Balaban J connectivity index is 6.89. The zero-order valence-corrected chi connectivity index (χ0v) is 45.9. The molecule has 0 fully saturated rings. The summed E-state index contributed by atoms with van der Waals surface area (Å²) in [4.78, 5) is 168. The zero-order chi connectivity index (χ0) is 62.8. The Kier molecular flexibility index (Phi) is 35.0. The first-order valence-electron chi connectivity index (χ1n) is 26.1. The molecular weight excluding hydrogens is 1090 g/mol. The van der Waals surface area contributed by atoms with E-state index in [-0.39, 0.29) is 64.1 Å². The maximum absolute atomic E-state index is 14.1. The highest BCUT2D eigenvalue weighted by Crippen LogP contribution is 2.12. The van der Waals surface area contributed by atoms with E-state index in [2.05, 4.69) is 53.2 Å². The number of carbonyl (C=O) groups is 13. The van der Waals surface area contributed by atoms with Gasteiger partial charge in [-0.2, -0.15) is 0 Å². The van der Waals surface area contributed by atoms with E-state index in [0.29, 0.717) is 6.42 Å². The lowest BCUT2D eigenvalue weighted by molar-refractivity contribution is -0.143. The van der Waals surface area contributed by atoms with Gasteiger partial charge < -0.3 is 107 Å². The summed E-state index contributed by atoms with van der Waals surface area (Å²) < 4.78 is 0. The van der Waals surface area contributed by atoms with E-state index >= 15 is 0 Å². The van der Waals surface area contributed by atoms with E-state index < -0.39 is 201 Å². The summed E-state index contributed by atoms with van der Waals surface area (Å²) in [5, 5.41) is 95.9. The van der Waals surface area contributed by atoms with E-state index in [0.717, 1.165) is 6.92 Å². The summed E-state index contributed by atoms with van der Waals surface area (Å²) in [5.41, 5.74) is 22.2. The van der Waals surface area contributed by atoms with E-state index in [4.69, 9.17) is 38.9 Å². The number of amides is 8. The van der Waals surface area contributed by atoms with E-state index in [1.54, 1.807) is 0 Å². The second-order valence-corrected chi connectivity index (χ2v) is 19.2. The average molecular weight is 1180 g/mol. The number of aliphatic hydroxyl groups excluding tert-OH is 1. The number of aliphatic carboxylic acids is 5. The van der Waals surface area contributed by atoms with Crippen molar-refractivity contribution in [2.24, 2.45) is 28.9 Å². The standard InChI is InChI=1S/C47H82N16O19/c1-22(2)35(62-44(80)36(23(3)64)63-42(78)29(13-17-33(69)70)56-37(73)24(49)8-6-20-54-46(50)51)43(79)60-28(12-16-32(67)68)41(77)58-26(10-7-21-55-47(52)53)38(74)59-27(11-15-31(65)66)40(76)57-25(9-4-5-19-48)39(75)61-30(45(81)82)14-18-34(71)72/h22-30,35-36,64H,4-21,48-49H2,1-3H3,(H,56,73)(H,57,76)(H,58,77)(H,59,74)(H,60,79)(H,61,75)(H,62,80)(H,63,78)(H,65,66)(H,67,68)(H,69,70)(H,71,72)(H,81,82)(H4,50,51,54)(H4,52,53,55)/t23-,24+,25+,26+,27+,28+,29+,30+,35+,36+/m1/s1. The van der Waals surface area contributed by atoms with Crippen LogP contribution in [0.2, 0.25) is 0 Å². The third kappa shape index (κ3) is 31.4. The molecule has 0 saturated heterocycles. The molecule has 0 saturated carbocycles. The molecule has 10 atom stereocenters. The van der Waals surface area contributed by atoms with Crippen LogP contribution in [0.4, 0.5) is 0 Å². The van der Waals surface area contributed by atoms with Gasteiger partial charge >= 0.3 is 29.8 Å². The molecule has 35 heteroatoms. The number of carboxylic acid groups (broad SMARTS) is 5. The Hall–Kier alpha value is -8.47. The number of carbonyl (C=O) groups excluding carboxylic acids is 8. The van der Waals surface area contributed by atoms with Gasteiger partial charge in [-0.25, -0.2) is 4.79 Å². The van der Waals surface area contributed by atoms with Gasteiger partial charge in [-0.1, -0.05) is 13.8 Å². The van der Waals surface area contributed by atoms with Crippen LogP contribution < -0.4 is 76.1 Å². The fraction of sp³-hybridized carbons (Fsp3) is 0.681. The predicted octanol–water partition coefficient (Wildman–Crippen LogP) is -6.57. The Labute approximate surface area is 471 Å². The molecule has 0 rings (SSSR count). The van der Waals surface area contributed by atoms with Gasteiger partial charge in [-0.05, 0) is 90.0 Å². The van der Waals surface area contributed by atoms with E-state index in [1.165, 1.54) is 13.8 Å². The van der Waals surface area contributed by atoms with Gasteiger partial charge in [-0.15, -0.1) is 0 Å². The number of guanidine groups is 2. The Morgan fingerprint density at radius 3 is 1.06 bits per heavy atom. The number of aliphatic hydroxyl groups is 1. The molecule has 0 bridgehead atoms. The zero-order valence-electron chi connectivity index (χ0n) is 45.9. The fourth-order valence-electron chi connectivity index (χ4n) is 7.44. The molecule has 0 aromatic carbocycles. The summed E-state index contributed by atoms with van der Waals surface area (Å²) >= 11 is 0. The molecule has 0 aliphatic rings. The number of rotatable bonds is 43. The van der Waals surface area contributed by atoms with Gasteiger partial charge in [0.05, 0.1) is 12.1 Å². The van der Waals surface area contributed by atoms with E-state index in [1.807, 2.05) is 0 Å². The van der Waals surface area contributed by atoms with Crippen LogP contribution in [0.3, 0.4) is 0 Å². The van der Waals surface area contributed by atoms with Crippen molar-refractivity contribution in [2.45, 2.75) is 178 Å². The maximum atomic E-state index is 14.1. The number of carboxylic acids is 5. The molecule has 464 valence electrons. The van der Waals surface area contributed by atoms with Crippen LogP contribution >= 0.6 is 0 Å². The summed E-state index contributed by atoms with van der Waals surface area (Å²) in [6, 6.07) is -14.9. The monoisotopic (exact) mass is 1170 g/mol. The highest BCUT2D eigenvalue weighted by atomic mass is 16.4. The smallest absolute Gasteiger partial charge is 0.326 e. The number of nitrogens with one attached hydrogen (secondary N) is 12. The SMILES string of the molecule is CC(C)[C@H](NC(=O)[C@@H](NC(=O)[C@H](CCC(=O)O)NC(=O)[C@@H](N)CCCNC(=N)N)[C@@H](C)O)C(=O)N[C@@H](CCC(=O)O)C(=O)N[C@@H](CCCNC(=N)N)C(=O)N[C@@H](CCC(=O)O)C(=O)N[C@@H](CCCCN)C(=O)N[C@@H](CCC(=O)O)C(=O)O. The molecule has 8 amide bonds. The highest BCUT2D eigenvalue weighted by Gasteiger charge is 2.37. The topological polar surface area (TPSA) is 615 Å². The van der Waals surface area contributed by atoms with Gasteiger partial charge in [0.2, 0.25) is 47.3 Å². The number of nitrogens with two attached hydrogens (primary N) is 4. The minimum Gasteiger partial charge on any atom is -0.481 e. The minimum absolute atomic E-state index is 0.0339. The Bertz CT molecular complexity index is 2240. The molecule has 0 unspecified atom stereocenters. The second kappa shape index (κ2) is 39.0. The summed E-state index contributed by atoms with van der Waals surface area (Å²) in [6.45, 7) is 4.17. The van der Waals surface area contributed by atoms with Crippen molar-refractivity contribution in [1.29, 1.82) is 10.8 Å². The van der Waals surface area contributed by atoms with Crippen LogP contribution in [0.15, 0.2) is 0 Å². The normalized spacial score (nSPS) is 14.6. The first kappa shape index (κ1) is 73.5. The Morgan fingerprint density at radius 1 is 0.402 bits per heavy atom. The van der Waals surface area contributed by atoms with Crippen molar-refractivity contribution in [3.8, 4) is 0 Å². The average Bonchev–Trinajstić information content (AvgIpc) is 3.42. The van der Waals surface area contributed by atoms with Gasteiger partial charge in [0.15, 0.2) is 11.9 Å². The molecule has 0 aliphatic carbocycles. The molecule has 0 radical (unpaired) electrons. The number of hydrogen-bond donors (Lipinski definition) is 22. The molecule has 35 nitrogen and oxygen atoms in total. The van der Waals surface area contributed by atoms with Crippen LogP contribution in [0.5, 0.6) is 0 Å². The van der Waals surface area contributed by atoms with Crippen molar-refractivity contribution in [1.82, 2.24) is 53.2 Å². The molecule has 0 aromatic rings. The second-order valence-electron chi connectivity index (χ2n) is 19.2. The van der Waals surface area contributed by atoms with Crippen LogP contribution in [0, 0.1) is 16.7 Å². The molecule has 0 heterocycles. The molecule has 82 heavy (non-hydrogen) atoms. The maximum Gasteiger partial charge on any atom is 0.326 e. The molecule has 0 aliphatic heterocycles. The summed E-state index contributed by atoms with van der Waals surface area (Å²) in [5.74, 6) is -17.9. The lowest BCUT2D eigenvalue weighted by Crippen LogP contribution is -2.62. The van der Waals surface area contributed by atoms with Crippen molar-refractivity contribution in [3.05, 3.63) is 0 Å². The third-order valence-electron chi connectivity index (χ3n) is 12.0. The van der Waals surface area contributed by atoms with Crippen molar-refractivity contribution < 1.29 is 93.0 Å². The van der Waals surface area contributed by atoms with Gasteiger partial charge in [0.25, 0.3) is 0 Å². The molecule has 0 spiro atoms. The van der Waals surface area contributed by atoms with Gasteiger partial charge in [-0.3, -0.25) is 68.4 Å². The molecule has 26 N–H and O–H groups in total. The largest absolute Gasteiger partial charge is 0.481 e. The van der Waals surface area contributed by atoms with Crippen molar-refractivity contribution in [2.75, 3.05) is 19.6 Å². The highest BCUT2D eigenvalue weighted by molar-refractivity contribution is 5.98. The number of hydrogen-bond acceptors (Lipinski definition) is 18. The first-order valence-corrected chi connectivity index (χ1v) is 26.1. The lowest BCUT2D eigenvalue weighted by Gasteiger charge is -2.29. The van der Waals surface area contributed by atoms with Crippen LogP contribution in [0.1, 0.15) is 117 Å². The minimum atomic E-state index is -1.89.